The fourth-order valence-electron chi connectivity index (χ4n) is 2.24. The number of aromatic nitrogens is 1. The van der Waals surface area contributed by atoms with Crippen molar-refractivity contribution in [2.24, 2.45) is 0 Å². The Kier molecular flexibility index (Phi) is 4.30. The highest BCUT2D eigenvalue weighted by molar-refractivity contribution is 7.10. The van der Waals surface area contributed by atoms with Crippen LogP contribution in [-0.2, 0) is 11.2 Å². The van der Waals surface area contributed by atoms with Gasteiger partial charge in [-0.2, -0.15) is 4.37 Å². The van der Waals surface area contributed by atoms with Crippen LogP contribution in [0, 0.1) is 6.92 Å². The van der Waals surface area contributed by atoms with Gasteiger partial charge in [0.15, 0.2) is 0 Å². The summed E-state index contributed by atoms with van der Waals surface area (Å²) in [6, 6.07) is 20.2. The number of hydrogen-bond donors (Lipinski definition) is 1. The second-order valence-corrected chi connectivity index (χ2v) is 5.93. The summed E-state index contributed by atoms with van der Waals surface area (Å²) in [5, 5.41) is 3.67. The number of amides is 1. The molecule has 0 spiro atoms. The van der Waals surface area contributed by atoms with Gasteiger partial charge in [0.2, 0.25) is 5.91 Å². The monoisotopic (exact) mass is 308 g/mol. The standard InChI is InChI=1S/C18H16N2OS/c1-13-11-18(22-20-13)19-17(21)12-14-7-9-16(10-8-14)15-5-3-2-4-6-15/h2-11H,12H2,1H3,(H,19,21). The number of aryl methyl sites for hydroxylation is 1. The van der Waals surface area contributed by atoms with Crippen molar-refractivity contribution < 1.29 is 4.79 Å². The van der Waals surface area contributed by atoms with E-state index in [-0.39, 0.29) is 5.91 Å². The van der Waals surface area contributed by atoms with Gasteiger partial charge in [0.25, 0.3) is 0 Å². The zero-order chi connectivity index (χ0) is 15.4. The molecule has 0 unspecified atom stereocenters. The lowest BCUT2D eigenvalue weighted by Gasteiger charge is -2.05. The van der Waals surface area contributed by atoms with E-state index >= 15 is 0 Å². The van der Waals surface area contributed by atoms with Crippen LogP contribution in [0.4, 0.5) is 5.00 Å². The lowest BCUT2D eigenvalue weighted by molar-refractivity contribution is -0.115. The van der Waals surface area contributed by atoms with Gasteiger partial charge in [-0.25, -0.2) is 0 Å². The summed E-state index contributed by atoms with van der Waals surface area (Å²) in [5.41, 5.74) is 4.26. The molecule has 1 N–H and O–H groups in total. The SMILES string of the molecule is Cc1cc(NC(=O)Cc2ccc(-c3ccccc3)cc2)sn1. The molecule has 0 saturated carbocycles. The second-order valence-electron chi connectivity index (χ2n) is 5.12. The fourth-order valence-corrected chi connectivity index (χ4v) is 2.91. The predicted octanol–water partition coefficient (Wildman–Crippen LogP) is 4.30. The molecule has 2 aromatic carbocycles. The minimum atomic E-state index is -0.0175. The molecule has 4 heteroatoms. The summed E-state index contributed by atoms with van der Waals surface area (Å²) in [4.78, 5) is 12.0. The Morgan fingerprint density at radius 1 is 1.05 bits per heavy atom. The van der Waals surface area contributed by atoms with E-state index in [1.165, 1.54) is 17.1 Å². The highest BCUT2D eigenvalue weighted by Gasteiger charge is 2.06. The molecule has 0 aliphatic rings. The van der Waals surface area contributed by atoms with Gasteiger partial charge in [0, 0.05) is 0 Å². The number of anilines is 1. The van der Waals surface area contributed by atoms with Crippen LogP contribution in [0.5, 0.6) is 0 Å². The Bertz CT molecular complexity index is 763. The van der Waals surface area contributed by atoms with Crippen LogP contribution < -0.4 is 5.32 Å². The summed E-state index contributed by atoms with van der Waals surface area (Å²) in [5.74, 6) is -0.0175. The maximum atomic E-state index is 12.0. The molecule has 1 amide bonds. The molecular weight excluding hydrogens is 292 g/mol. The number of rotatable bonds is 4. The van der Waals surface area contributed by atoms with Crippen LogP contribution >= 0.6 is 11.5 Å². The van der Waals surface area contributed by atoms with E-state index in [0.717, 1.165) is 21.8 Å². The molecule has 3 aromatic rings. The maximum absolute atomic E-state index is 12.0. The van der Waals surface area contributed by atoms with Crippen LogP contribution in [0.3, 0.4) is 0 Å². The molecule has 0 radical (unpaired) electrons. The van der Waals surface area contributed by atoms with E-state index in [9.17, 15) is 4.79 Å². The third-order valence-corrected chi connectivity index (χ3v) is 4.11. The van der Waals surface area contributed by atoms with E-state index < -0.39 is 0 Å². The number of hydrogen-bond acceptors (Lipinski definition) is 3. The van der Waals surface area contributed by atoms with E-state index in [2.05, 4.69) is 34.0 Å². The van der Waals surface area contributed by atoms with Crippen molar-refractivity contribution in [1.29, 1.82) is 0 Å². The van der Waals surface area contributed by atoms with Gasteiger partial charge in [-0.15, -0.1) is 0 Å². The van der Waals surface area contributed by atoms with Gasteiger partial charge in [0.1, 0.15) is 5.00 Å². The molecule has 110 valence electrons. The zero-order valence-corrected chi connectivity index (χ0v) is 13.1. The van der Waals surface area contributed by atoms with Crippen LogP contribution in [0.2, 0.25) is 0 Å². The first-order valence-electron chi connectivity index (χ1n) is 7.08. The van der Waals surface area contributed by atoms with E-state index in [1.54, 1.807) is 0 Å². The Labute approximate surface area is 133 Å². The zero-order valence-electron chi connectivity index (χ0n) is 12.2. The topological polar surface area (TPSA) is 42.0 Å². The molecule has 3 nitrogen and oxygen atoms in total. The Balaban J connectivity index is 1.65. The lowest BCUT2D eigenvalue weighted by Crippen LogP contribution is -2.13. The van der Waals surface area contributed by atoms with E-state index in [4.69, 9.17) is 0 Å². The first kappa shape index (κ1) is 14.5. The van der Waals surface area contributed by atoms with Crippen molar-refractivity contribution in [2.75, 3.05) is 5.32 Å². The Hall–Kier alpha value is -2.46. The first-order valence-corrected chi connectivity index (χ1v) is 7.85. The summed E-state index contributed by atoms with van der Waals surface area (Å²) < 4.78 is 4.15. The van der Waals surface area contributed by atoms with Gasteiger partial charge in [-0.3, -0.25) is 4.79 Å². The molecule has 1 heterocycles. The molecule has 0 atom stereocenters. The number of carbonyl (C=O) groups excluding carboxylic acids is 1. The quantitative estimate of drug-likeness (QED) is 0.781. The van der Waals surface area contributed by atoms with Crippen LogP contribution in [-0.4, -0.2) is 10.3 Å². The van der Waals surface area contributed by atoms with E-state index in [0.29, 0.717) is 6.42 Å². The normalized spacial score (nSPS) is 10.4. The molecule has 0 fully saturated rings. The average molecular weight is 308 g/mol. The number of carbonyl (C=O) groups is 1. The fraction of sp³-hybridized carbons (Fsp3) is 0.111. The number of nitrogens with one attached hydrogen (secondary N) is 1. The summed E-state index contributed by atoms with van der Waals surface area (Å²) in [7, 11) is 0. The molecular formula is C18H16N2OS. The van der Waals surface area contributed by atoms with Gasteiger partial charge < -0.3 is 5.32 Å². The highest BCUT2D eigenvalue weighted by Crippen LogP contribution is 2.20. The molecule has 0 aliphatic heterocycles. The first-order chi connectivity index (χ1) is 10.7. The van der Waals surface area contributed by atoms with Crippen molar-refractivity contribution >= 4 is 22.4 Å². The number of nitrogens with zero attached hydrogens (tertiary/aromatic N) is 1. The Morgan fingerprint density at radius 2 is 1.73 bits per heavy atom. The summed E-state index contributed by atoms with van der Waals surface area (Å²) in [6.07, 6.45) is 0.367. The lowest BCUT2D eigenvalue weighted by atomic mass is 10.0. The summed E-state index contributed by atoms with van der Waals surface area (Å²) in [6.45, 7) is 1.91. The minimum Gasteiger partial charge on any atom is -0.316 e. The van der Waals surface area contributed by atoms with Gasteiger partial charge in [-0.1, -0.05) is 54.6 Å². The number of benzene rings is 2. The van der Waals surface area contributed by atoms with Crippen molar-refractivity contribution in [3.8, 4) is 11.1 Å². The second kappa shape index (κ2) is 6.54. The van der Waals surface area contributed by atoms with Crippen molar-refractivity contribution in [3.63, 3.8) is 0 Å². The van der Waals surface area contributed by atoms with Crippen LogP contribution in [0.1, 0.15) is 11.3 Å². The third-order valence-electron chi connectivity index (χ3n) is 3.32. The van der Waals surface area contributed by atoms with Crippen LogP contribution in [0.25, 0.3) is 11.1 Å². The maximum Gasteiger partial charge on any atom is 0.229 e. The van der Waals surface area contributed by atoms with Crippen molar-refractivity contribution in [3.05, 3.63) is 71.9 Å². The summed E-state index contributed by atoms with van der Waals surface area (Å²) >= 11 is 1.31. The van der Waals surface area contributed by atoms with Gasteiger partial charge >= 0.3 is 0 Å². The predicted molar refractivity (Wildman–Crippen MR) is 91.1 cm³/mol. The third kappa shape index (κ3) is 3.59. The molecule has 0 aliphatic carbocycles. The van der Waals surface area contributed by atoms with Crippen molar-refractivity contribution in [2.45, 2.75) is 13.3 Å². The highest BCUT2D eigenvalue weighted by atomic mass is 32.1. The molecule has 3 rings (SSSR count). The molecule has 0 bridgehead atoms. The molecule has 22 heavy (non-hydrogen) atoms. The smallest absolute Gasteiger partial charge is 0.229 e. The largest absolute Gasteiger partial charge is 0.316 e. The molecule has 0 saturated heterocycles. The van der Waals surface area contributed by atoms with Crippen molar-refractivity contribution in [1.82, 2.24) is 4.37 Å². The van der Waals surface area contributed by atoms with Gasteiger partial charge in [0.05, 0.1) is 12.1 Å². The van der Waals surface area contributed by atoms with Crippen LogP contribution in [0.15, 0.2) is 60.7 Å². The van der Waals surface area contributed by atoms with E-state index in [1.807, 2.05) is 43.3 Å². The van der Waals surface area contributed by atoms with Gasteiger partial charge in [-0.05, 0) is 41.2 Å². The average Bonchev–Trinajstić information content (AvgIpc) is 2.94. The Morgan fingerprint density at radius 3 is 2.36 bits per heavy atom. The molecule has 1 aromatic heterocycles. The minimum absolute atomic E-state index is 0.0175.